The second kappa shape index (κ2) is 7.80. The van der Waals surface area contributed by atoms with E-state index in [1.165, 1.54) is 10.6 Å². The van der Waals surface area contributed by atoms with Gasteiger partial charge in [0.1, 0.15) is 5.52 Å². The predicted octanol–water partition coefficient (Wildman–Crippen LogP) is 0.886. The number of fused-ring (bicyclic) bond motifs is 1. The number of sulfonamides is 1. The molecule has 11 heteroatoms. The van der Waals surface area contributed by atoms with Crippen molar-refractivity contribution in [3.05, 3.63) is 18.0 Å². The SMILES string of the molecule is Cc1cc2cnc(NC3CCN(S(C)(=O)=O)CC3)nc2c(N2CC3(CCC(=O)NC3)C2)n1. The first-order valence-electron chi connectivity index (χ1n) is 11.1. The third-order valence-corrected chi connectivity index (χ3v) is 8.13. The van der Waals surface area contributed by atoms with Crippen LogP contribution in [0.25, 0.3) is 10.9 Å². The van der Waals surface area contributed by atoms with E-state index in [2.05, 4.69) is 20.5 Å². The minimum atomic E-state index is -3.14. The Morgan fingerprint density at radius 2 is 1.97 bits per heavy atom. The summed E-state index contributed by atoms with van der Waals surface area (Å²) in [5, 5.41) is 7.33. The van der Waals surface area contributed by atoms with Crippen LogP contribution in [0.1, 0.15) is 31.4 Å². The minimum Gasteiger partial charge on any atom is -0.355 e. The van der Waals surface area contributed by atoms with Crippen molar-refractivity contribution < 1.29 is 13.2 Å². The van der Waals surface area contributed by atoms with Crippen molar-refractivity contribution in [2.75, 3.05) is 49.2 Å². The highest BCUT2D eigenvalue weighted by atomic mass is 32.2. The van der Waals surface area contributed by atoms with Gasteiger partial charge >= 0.3 is 0 Å². The fourth-order valence-corrected chi connectivity index (χ4v) is 5.86. The van der Waals surface area contributed by atoms with Crippen LogP contribution in [-0.2, 0) is 14.8 Å². The summed E-state index contributed by atoms with van der Waals surface area (Å²) in [4.78, 5) is 27.9. The predicted molar refractivity (Wildman–Crippen MR) is 122 cm³/mol. The third kappa shape index (κ3) is 4.11. The lowest BCUT2D eigenvalue weighted by Crippen LogP contribution is -2.63. The number of aromatic nitrogens is 3. The number of amides is 1. The van der Waals surface area contributed by atoms with Crippen LogP contribution in [0, 0.1) is 12.3 Å². The van der Waals surface area contributed by atoms with E-state index in [0.29, 0.717) is 38.3 Å². The van der Waals surface area contributed by atoms with Crippen LogP contribution in [0.4, 0.5) is 11.8 Å². The number of aryl methyl sites for hydroxylation is 1. The van der Waals surface area contributed by atoms with Crippen molar-refractivity contribution in [1.82, 2.24) is 24.6 Å². The Balaban J connectivity index is 1.33. The second-order valence-corrected chi connectivity index (χ2v) is 11.4. The number of hydrogen-bond donors (Lipinski definition) is 2. The molecule has 2 N–H and O–H groups in total. The van der Waals surface area contributed by atoms with Gasteiger partial charge in [-0.1, -0.05) is 0 Å². The molecule has 3 aliphatic heterocycles. The molecule has 1 amide bonds. The summed E-state index contributed by atoms with van der Waals surface area (Å²) < 4.78 is 25.0. The molecular weight excluding hydrogens is 430 g/mol. The molecule has 10 nitrogen and oxygen atoms in total. The molecule has 3 aliphatic rings. The summed E-state index contributed by atoms with van der Waals surface area (Å²) in [5.41, 5.74) is 1.87. The summed E-state index contributed by atoms with van der Waals surface area (Å²) >= 11 is 0. The van der Waals surface area contributed by atoms with Gasteiger partial charge in [0.2, 0.25) is 21.9 Å². The van der Waals surface area contributed by atoms with E-state index in [1.54, 1.807) is 0 Å². The molecule has 2 aromatic rings. The van der Waals surface area contributed by atoms with E-state index in [4.69, 9.17) is 9.97 Å². The largest absolute Gasteiger partial charge is 0.355 e. The van der Waals surface area contributed by atoms with Crippen LogP contribution in [0.2, 0.25) is 0 Å². The van der Waals surface area contributed by atoms with Crippen LogP contribution in [0.5, 0.6) is 0 Å². The number of carbonyl (C=O) groups is 1. The van der Waals surface area contributed by atoms with Gasteiger partial charge in [-0.05, 0) is 32.3 Å². The quantitative estimate of drug-likeness (QED) is 0.692. The highest BCUT2D eigenvalue weighted by molar-refractivity contribution is 7.88. The van der Waals surface area contributed by atoms with Gasteiger partial charge in [-0.15, -0.1) is 0 Å². The molecule has 0 aromatic carbocycles. The molecule has 0 aliphatic carbocycles. The number of rotatable bonds is 4. The van der Waals surface area contributed by atoms with Crippen LogP contribution >= 0.6 is 0 Å². The molecule has 0 bridgehead atoms. The zero-order chi connectivity index (χ0) is 22.5. The maximum atomic E-state index is 11.7. The summed E-state index contributed by atoms with van der Waals surface area (Å²) in [7, 11) is -3.14. The molecule has 0 radical (unpaired) electrons. The Morgan fingerprint density at radius 3 is 2.62 bits per heavy atom. The molecule has 2 aromatic heterocycles. The van der Waals surface area contributed by atoms with E-state index < -0.39 is 10.0 Å². The third-order valence-electron chi connectivity index (χ3n) is 6.83. The summed E-state index contributed by atoms with van der Waals surface area (Å²) in [6.45, 7) is 5.41. The number of carbonyl (C=O) groups excluding carboxylic acids is 1. The van der Waals surface area contributed by atoms with Crippen LogP contribution in [0.3, 0.4) is 0 Å². The molecule has 0 atom stereocenters. The first-order valence-corrected chi connectivity index (χ1v) is 12.9. The smallest absolute Gasteiger partial charge is 0.223 e. The zero-order valence-electron chi connectivity index (χ0n) is 18.5. The lowest BCUT2D eigenvalue weighted by molar-refractivity contribution is -0.124. The summed E-state index contributed by atoms with van der Waals surface area (Å²) in [5.74, 6) is 1.54. The molecule has 0 unspecified atom stereocenters. The topological polar surface area (TPSA) is 120 Å². The van der Waals surface area contributed by atoms with Gasteiger partial charge < -0.3 is 15.5 Å². The standard InChI is InChI=1S/C21H29N7O3S/c1-14-9-15-10-22-20(25-16-4-7-28(8-5-16)32(2,30)31)26-18(15)19(24-14)27-12-21(13-27)6-3-17(29)23-11-21/h9-10,16H,3-8,11-13H2,1-2H3,(H,23,29)(H,22,25,26). The summed E-state index contributed by atoms with van der Waals surface area (Å²) in [6.07, 6.45) is 6.01. The Bertz CT molecular complexity index is 1140. The first kappa shape index (κ1) is 21.3. The molecule has 0 saturated carbocycles. The van der Waals surface area contributed by atoms with Crippen molar-refractivity contribution >= 4 is 38.6 Å². The lowest BCUT2D eigenvalue weighted by Gasteiger charge is -2.52. The number of nitrogens with zero attached hydrogens (tertiary/aromatic N) is 5. The Labute approximate surface area is 187 Å². The Kier molecular flexibility index (Phi) is 5.20. The highest BCUT2D eigenvalue weighted by Crippen LogP contribution is 2.40. The van der Waals surface area contributed by atoms with E-state index in [-0.39, 0.29) is 17.4 Å². The number of anilines is 2. The van der Waals surface area contributed by atoms with Gasteiger partial charge in [0, 0.05) is 67.9 Å². The van der Waals surface area contributed by atoms with E-state index in [1.807, 2.05) is 19.2 Å². The Hall–Kier alpha value is -2.53. The molecule has 3 fully saturated rings. The fourth-order valence-electron chi connectivity index (χ4n) is 4.98. The molecular formula is C21H29N7O3S. The molecule has 5 rings (SSSR count). The normalized spacial score (nSPS) is 22.1. The maximum absolute atomic E-state index is 11.7. The van der Waals surface area contributed by atoms with Crippen LogP contribution in [-0.4, -0.2) is 78.6 Å². The lowest BCUT2D eigenvalue weighted by atomic mass is 9.74. The van der Waals surface area contributed by atoms with Gasteiger partial charge in [-0.3, -0.25) is 4.79 Å². The van der Waals surface area contributed by atoms with Crippen LogP contribution in [0.15, 0.2) is 12.3 Å². The Morgan fingerprint density at radius 1 is 1.22 bits per heavy atom. The molecule has 5 heterocycles. The van der Waals surface area contributed by atoms with Crippen molar-refractivity contribution in [3.8, 4) is 0 Å². The average Bonchev–Trinajstić information content (AvgIpc) is 2.72. The summed E-state index contributed by atoms with van der Waals surface area (Å²) in [6, 6.07) is 2.12. The highest BCUT2D eigenvalue weighted by Gasteiger charge is 2.46. The number of piperidine rings is 2. The first-order chi connectivity index (χ1) is 15.2. The average molecular weight is 460 g/mol. The van der Waals surface area contributed by atoms with Crippen LogP contribution < -0.4 is 15.5 Å². The number of nitrogens with one attached hydrogen (secondary N) is 2. The number of pyridine rings is 1. The molecule has 172 valence electrons. The van der Waals surface area contributed by atoms with Crippen molar-refractivity contribution in [3.63, 3.8) is 0 Å². The molecule has 1 spiro atoms. The van der Waals surface area contributed by atoms with Gasteiger partial charge in [0.05, 0.1) is 6.26 Å². The minimum absolute atomic E-state index is 0.130. The van der Waals surface area contributed by atoms with Gasteiger partial charge in [0.25, 0.3) is 0 Å². The van der Waals surface area contributed by atoms with Crippen molar-refractivity contribution in [2.45, 2.75) is 38.6 Å². The van der Waals surface area contributed by atoms with Gasteiger partial charge in [-0.2, -0.15) is 0 Å². The second-order valence-electron chi connectivity index (χ2n) is 9.43. The van der Waals surface area contributed by atoms with E-state index >= 15 is 0 Å². The molecule has 3 saturated heterocycles. The van der Waals surface area contributed by atoms with Gasteiger partial charge in [-0.25, -0.2) is 27.7 Å². The maximum Gasteiger partial charge on any atom is 0.223 e. The fraction of sp³-hybridized carbons (Fsp3) is 0.619. The van der Waals surface area contributed by atoms with Gasteiger partial charge in [0.15, 0.2) is 5.82 Å². The molecule has 32 heavy (non-hydrogen) atoms. The van der Waals surface area contributed by atoms with Crippen molar-refractivity contribution in [1.29, 1.82) is 0 Å². The number of hydrogen-bond acceptors (Lipinski definition) is 8. The van der Waals surface area contributed by atoms with E-state index in [9.17, 15) is 13.2 Å². The van der Waals surface area contributed by atoms with Crippen molar-refractivity contribution in [2.24, 2.45) is 5.41 Å². The monoisotopic (exact) mass is 459 g/mol. The van der Waals surface area contributed by atoms with E-state index in [0.717, 1.165) is 48.5 Å². The zero-order valence-corrected chi connectivity index (χ0v) is 19.3.